The Balaban J connectivity index is 2.29. The minimum Gasteiger partial charge on any atom is -0.497 e. The smallest absolute Gasteiger partial charge is 0.246 e. The maximum atomic E-state index is 12.5. The predicted molar refractivity (Wildman–Crippen MR) is 81.8 cm³/mol. The van der Waals surface area contributed by atoms with E-state index in [-0.39, 0.29) is 11.8 Å². The van der Waals surface area contributed by atoms with Gasteiger partial charge in [0.2, 0.25) is 11.8 Å². The van der Waals surface area contributed by atoms with E-state index in [1.807, 2.05) is 12.1 Å². The van der Waals surface area contributed by atoms with Crippen LogP contribution in [0.4, 0.5) is 0 Å². The highest BCUT2D eigenvalue weighted by molar-refractivity contribution is 5.96. The Hall–Kier alpha value is -2.24. The lowest BCUT2D eigenvalue weighted by Crippen LogP contribution is -2.61. The second-order valence-corrected chi connectivity index (χ2v) is 5.49. The average molecular weight is 306 g/mol. The summed E-state index contributed by atoms with van der Waals surface area (Å²) in [6.07, 6.45) is 0. The maximum absolute atomic E-state index is 12.5. The fourth-order valence-electron chi connectivity index (χ4n) is 2.58. The van der Waals surface area contributed by atoms with Gasteiger partial charge in [0.15, 0.2) is 0 Å². The summed E-state index contributed by atoms with van der Waals surface area (Å²) in [5.41, 5.74) is 0.862. The van der Waals surface area contributed by atoms with Crippen LogP contribution in [0.15, 0.2) is 18.2 Å². The number of methoxy groups -OCH3 is 2. The molecule has 0 aliphatic carbocycles. The first kappa shape index (κ1) is 16.1. The van der Waals surface area contributed by atoms with Crippen LogP contribution in [0.5, 0.6) is 11.5 Å². The Bertz CT molecular complexity index is 565. The van der Waals surface area contributed by atoms with Crippen molar-refractivity contribution in [2.45, 2.75) is 32.5 Å². The van der Waals surface area contributed by atoms with Gasteiger partial charge in [-0.3, -0.25) is 9.59 Å². The quantitative estimate of drug-likeness (QED) is 0.841. The highest BCUT2D eigenvalue weighted by Gasteiger charge is 2.39. The number of hydrogen-bond acceptors (Lipinski definition) is 4. The molecule has 1 aromatic carbocycles. The van der Waals surface area contributed by atoms with Gasteiger partial charge in [-0.15, -0.1) is 0 Å². The van der Waals surface area contributed by atoms with E-state index in [9.17, 15) is 9.59 Å². The van der Waals surface area contributed by atoms with Gasteiger partial charge in [-0.2, -0.15) is 0 Å². The third-order valence-corrected chi connectivity index (χ3v) is 4.16. The van der Waals surface area contributed by atoms with Gasteiger partial charge in [0.25, 0.3) is 0 Å². The second-order valence-electron chi connectivity index (χ2n) is 5.49. The first-order valence-corrected chi connectivity index (χ1v) is 7.18. The summed E-state index contributed by atoms with van der Waals surface area (Å²) in [6.45, 7) is 3.84. The molecule has 0 aromatic heterocycles. The minimum absolute atomic E-state index is 0.0537. The molecule has 6 heteroatoms. The van der Waals surface area contributed by atoms with Crippen molar-refractivity contribution < 1.29 is 19.1 Å². The van der Waals surface area contributed by atoms with E-state index in [2.05, 4.69) is 0 Å². The van der Waals surface area contributed by atoms with Gasteiger partial charge in [-0.1, -0.05) is 0 Å². The first-order valence-electron chi connectivity index (χ1n) is 7.18. The van der Waals surface area contributed by atoms with Crippen molar-refractivity contribution in [2.75, 3.05) is 21.3 Å². The van der Waals surface area contributed by atoms with Crippen LogP contribution >= 0.6 is 0 Å². The molecular weight excluding hydrogens is 284 g/mol. The fourth-order valence-corrected chi connectivity index (χ4v) is 2.58. The van der Waals surface area contributed by atoms with Crippen molar-refractivity contribution in [3.63, 3.8) is 0 Å². The summed E-state index contributed by atoms with van der Waals surface area (Å²) >= 11 is 0. The number of benzene rings is 1. The normalized spacial score (nSPS) is 22.0. The third kappa shape index (κ3) is 2.86. The van der Waals surface area contributed by atoms with Gasteiger partial charge in [-0.05, 0) is 31.5 Å². The molecule has 0 spiro atoms. The molecule has 0 unspecified atom stereocenters. The van der Waals surface area contributed by atoms with Crippen LogP contribution < -0.4 is 9.47 Å². The van der Waals surface area contributed by atoms with Crippen molar-refractivity contribution in [2.24, 2.45) is 0 Å². The monoisotopic (exact) mass is 306 g/mol. The van der Waals surface area contributed by atoms with Crippen LogP contribution in [-0.2, 0) is 16.1 Å². The molecule has 1 heterocycles. The van der Waals surface area contributed by atoms with Crippen molar-refractivity contribution in [3.8, 4) is 11.5 Å². The van der Waals surface area contributed by atoms with Crippen LogP contribution in [0.2, 0.25) is 0 Å². The molecule has 1 aromatic rings. The lowest BCUT2D eigenvalue weighted by molar-refractivity contribution is -0.159. The number of carbonyl (C=O) groups is 2. The van der Waals surface area contributed by atoms with E-state index >= 15 is 0 Å². The maximum Gasteiger partial charge on any atom is 0.246 e. The second kappa shape index (κ2) is 6.25. The van der Waals surface area contributed by atoms with Crippen molar-refractivity contribution >= 4 is 11.8 Å². The summed E-state index contributed by atoms with van der Waals surface area (Å²) in [6, 6.07) is 4.53. The number of rotatable bonds is 4. The fraction of sp³-hybridized carbons (Fsp3) is 0.500. The number of hydrogen-bond donors (Lipinski definition) is 0. The van der Waals surface area contributed by atoms with Gasteiger partial charge >= 0.3 is 0 Å². The van der Waals surface area contributed by atoms with Crippen molar-refractivity contribution in [1.82, 2.24) is 9.80 Å². The molecule has 1 aliphatic heterocycles. The highest BCUT2D eigenvalue weighted by Crippen LogP contribution is 2.25. The largest absolute Gasteiger partial charge is 0.497 e. The molecule has 2 atom stereocenters. The number of carbonyl (C=O) groups excluding carboxylic acids is 2. The van der Waals surface area contributed by atoms with Gasteiger partial charge < -0.3 is 19.3 Å². The Morgan fingerprint density at radius 2 is 1.50 bits per heavy atom. The molecular formula is C16H22N2O4. The van der Waals surface area contributed by atoms with Crippen molar-refractivity contribution in [1.29, 1.82) is 0 Å². The zero-order valence-corrected chi connectivity index (χ0v) is 13.6. The topological polar surface area (TPSA) is 59.1 Å². The zero-order chi connectivity index (χ0) is 16.4. The summed E-state index contributed by atoms with van der Waals surface area (Å²) in [4.78, 5) is 27.8. The highest BCUT2D eigenvalue weighted by atomic mass is 16.5. The summed E-state index contributed by atoms with van der Waals surface area (Å²) < 4.78 is 10.5. The molecule has 0 radical (unpaired) electrons. The van der Waals surface area contributed by atoms with Crippen LogP contribution in [0.25, 0.3) is 0 Å². The molecule has 120 valence electrons. The Kier molecular flexibility index (Phi) is 4.59. The molecule has 1 saturated heterocycles. The lowest BCUT2D eigenvalue weighted by atomic mass is 10.1. The number of amides is 2. The Labute approximate surface area is 130 Å². The minimum atomic E-state index is -0.481. The molecule has 22 heavy (non-hydrogen) atoms. The zero-order valence-electron chi connectivity index (χ0n) is 13.6. The number of ether oxygens (including phenoxy) is 2. The molecule has 0 bridgehead atoms. The van der Waals surface area contributed by atoms with E-state index in [0.29, 0.717) is 18.0 Å². The van der Waals surface area contributed by atoms with Gasteiger partial charge in [0, 0.05) is 19.7 Å². The summed E-state index contributed by atoms with van der Waals surface area (Å²) in [5.74, 6) is 1.20. The first-order chi connectivity index (χ1) is 10.4. The van der Waals surface area contributed by atoms with E-state index in [1.54, 1.807) is 46.1 Å². The summed E-state index contributed by atoms with van der Waals surface area (Å²) in [7, 11) is 4.81. The molecule has 0 saturated carbocycles. The van der Waals surface area contributed by atoms with E-state index < -0.39 is 12.1 Å². The number of likely N-dealkylation sites (N-methyl/N-ethyl adjacent to an activating group) is 1. The van der Waals surface area contributed by atoms with E-state index in [0.717, 1.165) is 5.56 Å². The molecule has 0 N–H and O–H groups in total. The summed E-state index contributed by atoms with van der Waals surface area (Å²) in [5, 5.41) is 0. The molecule has 6 nitrogen and oxygen atoms in total. The predicted octanol–water partition coefficient (Wildman–Crippen LogP) is 1.28. The van der Waals surface area contributed by atoms with Crippen LogP contribution in [0, 0.1) is 0 Å². The number of piperazine rings is 1. The van der Waals surface area contributed by atoms with Crippen LogP contribution in [0.3, 0.4) is 0 Å². The standard InChI is InChI=1S/C16H22N2O4/c1-10-16(20)18(11(2)15(19)17(10)3)9-12-6-13(21-4)8-14(7-12)22-5/h6-8,10-11H,9H2,1-5H3/t10-,11-/m0/s1. The SMILES string of the molecule is COc1cc(CN2C(=O)[C@H](C)N(C)C(=O)[C@@H]2C)cc(OC)c1. The van der Waals surface area contributed by atoms with E-state index in [4.69, 9.17) is 9.47 Å². The molecule has 2 amide bonds. The third-order valence-electron chi connectivity index (χ3n) is 4.16. The van der Waals surface area contributed by atoms with Gasteiger partial charge in [0.05, 0.1) is 14.2 Å². The Morgan fingerprint density at radius 3 is 2.00 bits per heavy atom. The van der Waals surface area contributed by atoms with Gasteiger partial charge in [0.1, 0.15) is 23.6 Å². The van der Waals surface area contributed by atoms with Gasteiger partial charge in [-0.25, -0.2) is 0 Å². The average Bonchev–Trinajstić information content (AvgIpc) is 2.54. The van der Waals surface area contributed by atoms with Crippen LogP contribution in [0.1, 0.15) is 19.4 Å². The number of nitrogens with zero attached hydrogens (tertiary/aromatic N) is 2. The van der Waals surface area contributed by atoms with Crippen molar-refractivity contribution in [3.05, 3.63) is 23.8 Å². The lowest BCUT2D eigenvalue weighted by Gasteiger charge is -2.41. The molecule has 1 aliphatic rings. The van der Waals surface area contributed by atoms with Crippen LogP contribution in [-0.4, -0.2) is 55.0 Å². The molecule has 2 rings (SSSR count). The van der Waals surface area contributed by atoms with E-state index in [1.165, 1.54) is 4.90 Å². The molecule has 1 fully saturated rings. The Morgan fingerprint density at radius 1 is 0.955 bits per heavy atom.